The van der Waals surface area contributed by atoms with Gasteiger partial charge in [0.15, 0.2) is 0 Å². The molecule has 0 amide bonds. The highest BCUT2D eigenvalue weighted by molar-refractivity contribution is 5.82. The molecule has 1 aromatic rings. The van der Waals surface area contributed by atoms with Crippen LogP contribution in [-0.2, 0) is 16.8 Å². The van der Waals surface area contributed by atoms with Gasteiger partial charge >= 0.3 is 0 Å². The molecule has 0 saturated carbocycles. The van der Waals surface area contributed by atoms with Gasteiger partial charge in [-0.2, -0.15) is 0 Å². The molecule has 3 nitrogen and oxygen atoms in total. The molecule has 1 aliphatic rings. The fourth-order valence-electron chi connectivity index (χ4n) is 3.25. The third kappa shape index (κ3) is 4.67. The first-order valence-corrected chi connectivity index (χ1v) is 8.59. The SMILES string of the molecule is CCN(CC)CC#CCC(=O)CC1(O)CCCc2ccccc21. The fraction of sp³-hybridized carbons (Fsp3) is 0.550. The van der Waals surface area contributed by atoms with Crippen LogP contribution in [0.3, 0.4) is 0 Å². The van der Waals surface area contributed by atoms with Gasteiger partial charge in [-0.3, -0.25) is 9.69 Å². The number of nitrogens with zero attached hydrogens (tertiary/aromatic N) is 1. The van der Waals surface area contributed by atoms with Gasteiger partial charge in [0.25, 0.3) is 0 Å². The molecule has 3 heteroatoms. The second-order valence-electron chi connectivity index (χ2n) is 6.25. The predicted molar refractivity (Wildman–Crippen MR) is 93.1 cm³/mol. The van der Waals surface area contributed by atoms with Crippen LogP contribution in [0.1, 0.15) is 50.7 Å². The highest BCUT2D eigenvalue weighted by Gasteiger charge is 2.35. The molecule has 0 spiro atoms. The largest absolute Gasteiger partial charge is 0.385 e. The molecule has 0 heterocycles. The Morgan fingerprint density at radius 1 is 1.26 bits per heavy atom. The fourth-order valence-corrected chi connectivity index (χ4v) is 3.25. The molecule has 0 radical (unpaired) electrons. The lowest BCUT2D eigenvalue weighted by Crippen LogP contribution is -2.33. The molecule has 0 fully saturated rings. The minimum Gasteiger partial charge on any atom is -0.385 e. The normalized spacial score (nSPS) is 19.8. The van der Waals surface area contributed by atoms with E-state index in [0.29, 0.717) is 13.0 Å². The molecule has 1 aromatic carbocycles. The van der Waals surface area contributed by atoms with Gasteiger partial charge in [-0.1, -0.05) is 50.0 Å². The summed E-state index contributed by atoms with van der Waals surface area (Å²) in [6, 6.07) is 7.93. The van der Waals surface area contributed by atoms with Crippen molar-refractivity contribution in [1.29, 1.82) is 0 Å². The maximum Gasteiger partial charge on any atom is 0.147 e. The molecular weight excluding hydrogens is 286 g/mol. The second kappa shape index (κ2) is 8.29. The Hall–Kier alpha value is -1.63. The third-order valence-corrected chi connectivity index (χ3v) is 4.65. The summed E-state index contributed by atoms with van der Waals surface area (Å²) in [5.41, 5.74) is 1.09. The van der Waals surface area contributed by atoms with E-state index >= 15 is 0 Å². The first-order chi connectivity index (χ1) is 11.1. The van der Waals surface area contributed by atoms with Crippen molar-refractivity contribution in [2.24, 2.45) is 0 Å². The number of ketones is 1. The molecular formula is C20H27NO2. The first kappa shape index (κ1) is 17.7. The Balaban J connectivity index is 1.94. The maximum absolute atomic E-state index is 12.2. The zero-order chi connectivity index (χ0) is 16.7. The topological polar surface area (TPSA) is 40.5 Å². The van der Waals surface area contributed by atoms with Crippen molar-refractivity contribution in [3.63, 3.8) is 0 Å². The van der Waals surface area contributed by atoms with Crippen LogP contribution in [0, 0.1) is 11.8 Å². The van der Waals surface area contributed by atoms with Crippen molar-refractivity contribution >= 4 is 5.78 Å². The Morgan fingerprint density at radius 2 is 2.00 bits per heavy atom. The van der Waals surface area contributed by atoms with E-state index in [-0.39, 0.29) is 18.6 Å². The van der Waals surface area contributed by atoms with Gasteiger partial charge in [0.05, 0.1) is 18.6 Å². The molecule has 1 atom stereocenters. The van der Waals surface area contributed by atoms with Crippen LogP contribution in [0.2, 0.25) is 0 Å². The smallest absolute Gasteiger partial charge is 0.147 e. The van der Waals surface area contributed by atoms with Gasteiger partial charge in [0.1, 0.15) is 5.78 Å². The molecule has 0 bridgehead atoms. The number of Topliss-reactive ketones (excluding diaryl/α,β-unsaturated/α-hetero) is 1. The molecule has 2 rings (SSSR count). The Morgan fingerprint density at radius 3 is 2.74 bits per heavy atom. The van der Waals surface area contributed by atoms with E-state index in [2.05, 4.69) is 30.6 Å². The maximum atomic E-state index is 12.2. The van der Waals surface area contributed by atoms with E-state index in [1.165, 1.54) is 5.56 Å². The van der Waals surface area contributed by atoms with Crippen molar-refractivity contribution in [1.82, 2.24) is 4.90 Å². The predicted octanol–water partition coefficient (Wildman–Crippen LogP) is 2.91. The quantitative estimate of drug-likeness (QED) is 0.821. The van der Waals surface area contributed by atoms with Crippen molar-refractivity contribution in [2.45, 2.75) is 51.6 Å². The number of fused-ring (bicyclic) bond motifs is 1. The molecule has 0 aliphatic heterocycles. The summed E-state index contributed by atoms with van der Waals surface area (Å²) < 4.78 is 0. The van der Waals surface area contributed by atoms with Gasteiger partial charge in [0.2, 0.25) is 0 Å². The molecule has 124 valence electrons. The van der Waals surface area contributed by atoms with Crippen LogP contribution in [0.25, 0.3) is 0 Å². The summed E-state index contributed by atoms with van der Waals surface area (Å²) in [5.74, 6) is 6.05. The van der Waals surface area contributed by atoms with Gasteiger partial charge < -0.3 is 5.11 Å². The third-order valence-electron chi connectivity index (χ3n) is 4.65. The van der Waals surface area contributed by atoms with Crippen LogP contribution >= 0.6 is 0 Å². The first-order valence-electron chi connectivity index (χ1n) is 8.59. The van der Waals surface area contributed by atoms with E-state index in [4.69, 9.17) is 0 Å². The number of carbonyl (C=O) groups is 1. The van der Waals surface area contributed by atoms with Crippen molar-refractivity contribution in [3.8, 4) is 11.8 Å². The highest BCUT2D eigenvalue weighted by atomic mass is 16.3. The summed E-state index contributed by atoms with van der Waals surface area (Å²) >= 11 is 0. The molecule has 1 aliphatic carbocycles. The number of hydrogen-bond donors (Lipinski definition) is 1. The number of carbonyl (C=O) groups excluding carboxylic acids is 1. The van der Waals surface area contributed by atoms with Crippen LogP contribution in [-0.4, -0.2) is 35.4 Å². The van der Waals surface area contributed by atoms with Gasteiger partial charge in [-0.05, 0) is 43.5 Å². The zero-order valence-electron chi connectivity index (χ0n) is 14.3. The average molecular weight is 313 g/mol. The van der Waals surface area contributed by atoms with Crippen LogP contribution < -0.4 is 0 Å². The van der Waals surface area contributed by atoms with Gasteiger partial charge in [0, 0.05) is 6.42 Å². The molecule has 1 unspecified atom stereocenters. The van der Waals surface area contributed by atoms with Crippen LogP contribution in [0.15, 0.2) is 24.3 Å². The minimum absolute atomic E-state index is 0.0243. The molecule has 1 N–H and O–H groups in total. The molecule has 0 aromatic heterocycles. The number of benzene rings is 1. The van der Waals surface area contributed by atoms with Crippen molar-refractivity contribution in [2.75, 3.05) is 19.6 Å². The summed E-state index contributed by atoms with van der Waals surface area (Å²) in [6.07, 6.45) is 2.96. The Bertz CT molecular complexity index is 595. The zero-order valence-corrected chi connectivity index (χ0v) is 14.3. The second-order valence-corrected chi connectivity index (χ2v) is 6.25. The summed E-state index contributed by atoms with van der Waals surface area (Å²) in [7, 11) is 0. The number of aryl methyl sites for hydroxylation is 1. The monoisotopic (exact) mass is 313 g/mol. The average Bonchev–Trinajstić information content (AvgIpc) is 2.55. The summed E-state index contributed by atoms with van der Waals surface area (Å²) in [4.78, 5) is 14.4. The molecule has 23 heavy (non-hydrogen) atoms. The van der Waals surface area contributed by atoms with E-state index in [9.17, 15) is 9.90 Å². The van der Waals surface area contributed by atoms with Crippen LogP contribution in [0.5, 0.6) is 0 Å². The summed E-state index contributed by atoms with van der Waals surface area (Å²) in [6.45, 7) is 6.84. The Kier molecular flexibility index (Phi) is 6.38. The number of hydrogen-bond acceptors (Lipinski definition) is 3. The lowest BCUT2D eigenvalue weighted by atomic mass is 9.76. The Labute approximate surface area is 139 Å². The van der Waals surface area contributed by atoms with Gasteiger partial charge in [-0.15, -0.1) is 0 Å². The highest BCUT2D eigenvalue weighted by Crippen LogP contribution is 2.38. The standard InChI is InChI=1S/C20H27NO2/c1-3-21(4-2)15-8-7-12-18(22)16-20(23)14-9-11-17-10-5-6-13-19(17)20/h5-6,10,13,23H,3-4,9,11-12,14-16H2,1-2H3. The van der Waals surface area contributed by atoms with Crippen LogP contribution in [0.4, 0.5) is 0 Å². The molecule has 0 saturated heterocycles. The van der Waals surface area contributed by atoms with E-state index in [1.807, 2.05) is 24.3 Å². The lowest BCUT2D eigenvalue weighted by molar-refractivity contribution is -0.124. The van der Waals surface area contributed by atoms with E-state index in [0.717, 1.165) is 31.5 Å². The van der Waals surface area contributed by atoms with Crippen molar-refractivity contribution in [3.05, 3.63) is 35.4 Å². The number of rotatable bonds is 6. The number of aliphatic hydroxyl groups is 1. The summed E-state index contributed by atoms with van der Waals surface area (Å²) in [5, 5.41) is 10.9. The lowest BCUT2D eigenvalue weighted by Gasteiger charge is -2.34. The van der Waals surface area contributed by atoms with Gasteiger partial charge in [-0.25, -0.2) is 0 Å². The van der Waals surface area contributed by atoms with Crippen molar-refractivity contribution < 1.29 is 9.90 Å². The van der Waals surface area contributed by atoms with E-state index < -0.39 is 5.60 Å². The van der Waals surface area contributed by atoms with E-state index in [1.54, 1.807) is 0 Å². The minimum atomic E-state index is -1.01.